The molecule has 1 aromatic rings. The van der Waals surface area contributed by atoms with Gasteiger partial charge in [-0.15, -0.1) is 0 Å². The van der Waals surface area contributed by atoms with E-state index in [9.17, 15) is 19.2 Å². The highest BCUT2D eigenvalue weighted by molar-refractivity contribution is 5.96. The van der Waals surface area contributed by atoms with Gasteiger partial charge in [0, 0.05) is 12.7 Å². The number of urea groups is 1. The Morgan fingerprint density at radius 1 is 1.35 bits per heavy atom. The second kappa shape index (κ2) is 7.72. The second-order valence-electron chi connectivity index (χ2n) is 3.79. The summed E-state index contributed by atoms with van der Waals surface area (Å²) >= 11 is 0. The van der Waals surface area contributed by atoms with Crippen molar-refractivity contribution in [3.05, 3.63) is 34.2 Å². The van der Waals surface area contributed by atoms with Gasteiger partial charge in [-0.2, -0.15) is 0 Å². The molecule has 0 spiro atoms. The van der Waals surface area contributed by atoms with Gasteiger partial charge in [-0.25, -0.2) is 9.59 Å². The van der Waals surface area contributed by atoms with Crippen molar-refractivity contribution in [2.45, 2.75) is 13.3 Å². The molecule has 0 radical (unpaired) electrons. The Hall–Kier alpha value is -2.64. The zero-order chi connectivity index (χ0) is 15.0. The van der Waals surface area contributed by atoms with E-state index in [1.807, 2.05) is 12.2 Å². The van der Waals surface area contributed by atoms with Gasteiger partial charge in [0.25, 0.3) is 11.5 Å². The molecule has 8 heteroatoms. The van der Waals surface area contributed by atoms with Crippen LogP contribution in [0.5, 0.6) is 0 Å². The molecule has 0 atom stereocenters. The van der Waals surface area contributed by atoms with E-state index >= 15 is 0 Å². The molecule has 20 heavy (non-hydrogen) atoms. The molecule has 0 aliphatic heterocycles. The van der Waals surface area contributed by atoms with Crippen molar-refractivity contribution >= 4 is 17.9 Å². The van der Waals surface area contributed by atoms with E-state index in [4.69, 9.17) is 0 Å². The molecule has 1 aromatic heterocycles. The Morgan fingerprint density at radius 3 is 2.75 bits per heavy atom. The van der Waals surface area contributed by atoms with Gasteiger partial charge in [0.1, 0.15) is 5.56 Å². The molecule has 3 N–H and O–H groups in total. The van der Waals surface area contributed by atoms with E-state index in [1.165, 1.54) is 18.3 Å². The van der Waals surface area contributed by atoms with E-state index in [-0.39, 0.29) is 5.56 Å². The molecule has 0 aromatic carbocycles. The number of imide groups is 1. The summed E-state index contributed by atoms with van der Waals surface area (Å²) in [5.41, 5.74) is -0.825. The number of H-pyrrole nitrogens is 1. The number of aromatic amines is 1. The summed E-state index contributed by atoms with van der Waals surface area (Å²) < 4.78 is 4.63. The molecule has 0 bridgehead atoms. The maximum atomic E-state index is 11.5. The van der Waals surface area contributed by atoms with Crippen LogP contribution in [0.15, 0.2) is 23.1 Å². The van der Waals surface area contributed by atoms with Gasteiger partial charge in [0.05, 0.1) is 0 Å². The van der Waals surface area contributed by atoms with Gasteiger partial charge in [-0.05, 0) is 18.6 Å². The van der Waals surface area contributed by atoms with Crippen molar-refractivity contribution in [2.24, 2.45) is 0 Å². The Morgan fingerprint density at radius 2 is 2.10 bits per heavy atom. The lowest BCUT2D eigenvalue weighted by Gasteiger charge is -2.06. The molecule has 108 valence electrons. The number of rotatable bonds is 5. The standard InChI is InChI=1S/C12H15N3O5/c1-2-5-14-12(19)15-9(16)7-20-11(18)8-4-3-6-13-10(8)17/h3-4,6H,2,5,7H2,1H3,(H,13,17)(H2,14,15,16,19). The first-order chi connectivity index (χ1) is 9.54. The normalized spacial score (nSPS) is 9.65. The van der Waals surface area contributed by atoms with Crippen molar-refractivity contribution in [1.29, 1.82) is 0 Å². The number of carbonyl (C=O) groups excluding carboxylic acids is 3. The number of ether oxygens (including phenoxy) is 1. The number of aromatic nitrogens is 1. The first kappa shape index (κ1) is 15.4. The number of amides is 3. The smallest absolute Gasteiger partial charge is 0.344 e. The van der Waals surface area contributed by atoms with Gasteiger partial charge >= 0.3 is 12.0 Å². The van der Waals surface area contributed by atoms with Crippen LogP contribution >= 0.6 is 0 Å². The number of pyridine rings is 1. The van der Waals surface area contributed by atoms with Crippen molar-refractivity contribution in [1.82, 2.24) is 15.6 Å². The molecule has 1 rings (SSSR count). The fraction of sp³-hybridized carbons (Fsp3) is 0.333. The minimum Gasteiger partial charge on any atom is -0.452 e. The molecule has 0 fully saturated rings. The summed E-state index contributed by atoms with van der Waals surface area (Å²) in [6.45, 7) is 1.65. The summed E-state index contributed by atoms with van der Waals surface area (Å²) in [5.74, 6) is -1.71. The fourth-order valence-electron chi connectivity index (χ4n) is 1.24. The monoisotopic (exact) mass is 281 g/mol. The highest BCUT2D eigenvalue weighted by atomic mass is 16.5. The summed E-state index contributed by atoms with van der Waals surface area (Å²) in [6.07, 6.45) is 2.09. The minimum absolute atomic E-state index is 0.212. The molecule has 8 nitrogen and oxygen atoms in total. The average molecular weight is 281 g/mol. The van der Waals surface area contributed by atoms with Crippen LogP contribution in [0.2, 0.25) is 0 Å². The van der Waals surface area contributed by atoms with Crippen LogP contribution in [0, 0.1) is 0 Å². The van der Waals surface area contributed by atoms with Crippen LogP contribution in [-0.2, 0) is 9.53 Å². The van der Waals surface area contributed by atoms with Gasteiger partial charge in [0.2, 0.25) is 0 Å². The van der Waals surface area contributed by atoms with E-state index in [0.717, 1.165) is 6.42 Å². The Labute approximate surface area is 114 Å². The predicted molar refractivity (Wildman–Crippen MR) is 69.2 cm³/mol. The summed E-state index contributed by atoms with van der Waals surface area (Å²) in [5, 5.41) is 4.41. The lowest BCUT2D eigenvalue weighted by molar-refractivity contribution is -0.123. The van der Waals surface area contributed by atoms with E-state index in [1.54, 1.807) is 0 Å². The molecule has 0 aliphatic rings. The number of hydrogen-bond acceptors (Lipinski definition) is 5. The third-order valence-electron chi connectivity index (χ3n) is 2.16. The largest absolute Gasteiger partial charge is 0.452 e. The van der Waals surface area contributed by atoms with Crippen molar-refractivity contribution < 1.29 is 19.1 Å². The maximum absolute atomic E-state index is 11.5. The molecule has 3 amide bonds. The highest BCUT2D eigenvalue weighted by Gasteiger charge is 2.14. The minimum atomic E-state index is -0.934. The zero-order valence-electron chi connectivity index (χ0n) is 10.9. The van der Waals surface area contributed by atoms with Crippen LogP contribution in [0.3, 0.4) is 0 Å². The van der Waals surface area contributed by atoms with Gasteiger partial charge in [-0.1, -0.05) is 6.92 Å². The molecule has 0 aliphatic carbocycles. The number of hydrogen-bond donors (Lipinski definition) is 3. The Bertz CT molecular complexity index is 552. The summed E-state index contributed by atoms with van der Waals surface area (Å²) in [4.78, 5) is 47.5. The lowest BCUT2D eigenvalue weighted by atomic mass is 10.3. The molecule has 0 saturated heterocycles. The SMILES string of the molecule is CCCNC(=O)NC(=O)COC(=O)c1ccc[nH]c1=O. The van der Waals surface area contributed by atoms with Crippen molar-refractivity contribution in [3.8, 4) is 0 Å². The van der Waals surface area contributed by atoms with Gasteiger partial charge in [-0.3, -0.25) is 14.9 Å². The third kappa shape index (κ3) is 4.92. The quantitative estimate of drug-likeness (QED) is 0.644. The van der Waals surface area contributed by atoms with Gasteiger partial charge < -0.3 is 15.0 Å². The predicted octanol–water partition coefficient (Wildman–Crippen LogP) is -0.233. The van der Waals surface area contributed by atoms with Gasteiger partial charge in [0.15, 0.2) is 6.61 Å². The Kier molecular flexibility index (Phi) is 5.95. The zero-order valence-corrected chi connectivity index (χ0v) is 10.9. The molecule has 1 heterocycles. The molecular formula is C12H15N3O5. The molecule has 0 saturated carbocycles. The molecule has 0 unspecified atom stereocenters. The van der Waals surface area contributed by atoms with E-state index in [2.05, 4.69) is 15.0 Å². The van der Waals surface area contributed by atoms with Crippen LogP contribution < -0.4 is 16.2 Å². The van der Waals surface area contributed by atoms with Crippen molar-refractivity contribution in [2.75, 3.05) is 13.2 Å². The first-order valence-electron chi connectivity index (χ1n) is 5.97. The lowest BCUT2D eigenvalue weighted by Crippen LogP contribution is -2.41. The van der Waals surface area contributed by atoms with Crippen LogP contribution in [0.1, 0.15) is 23.7 Å². The number of nitrogens with one attached hydrogen (secondary N) is 3. The number of esters is 1. The second-order valence-corrected chi connectivity index (χ2v) is 3.79. The average Bonchev–Trinajstić information content (AvgIpc) is 2.43. The van der Waals surface area contributed by atoms with Crippen molar-refractivity contribution in [3.63, 3.8) is 0 Å². The summed E-state index contributed by atoms with van der Waals surface area (Å²) in [6, 6.07) is 2.06. The van der Waals surface area contributed by atoms with Crippen LogP contribution in [-0.4, -0.2) is 36.0 Å². The maximum Gasteiger partial charge on any atom is 0.344 e. The van der Waals surface area contributed by atoms with Crippen LogP contribution in [0.4, 0.5) is 4.79 Å². The first-order valence-corrected chi connectivity index (χ1v) is 5.97. The Balaban J connectivity index is 2.42. The highest BCUT2D eigenvalue weighted by Crippen LogP contribution is 1.93. The van der Waals surface area contributed by atoms with E-state index < -0.39 is 30.1 Å². The summed E-state index contributed by atoms with van der Waals surface area (Å²) in [7, 11) is 0. The number of carbonyl (C=O) groups is 3. The molecular weight excluding hydrogens is 266 g/mol. The third-order valence-corrected chi connectivity index (χ3v) is 2.16. The van der Waals surface area contributed by atoms with Crippen LogP contribution in [0.25, 0.3) is 0 Å². The topological polar surface area (TPSA) is 117 Å². The van der Waals surface area contributed by atoms with E-state index in [0.29, 0.717) is 6.54 Å². The fourth-order valence-corrected chi connectivity index (χ4v) is 1.24.